The molecular weight excluding hydrogens is 235 g/mol. The van der Waals surface area contributed by atoms with Crippen molar-refractivity contribution in [3.63, 3.8) is 0 Å². The van der Waals surface area contributed by atoms with Crippen LogP contribution in [0.4, 0.5) is 0 Å². The van der Waals surface area contributed by atoms with Gasteiger partial charge in [0.15, 0.2) is 0 Å². The van der Waals surface area contributed by atoms with Gasteiger partial charge in [0.1, 0.15) is 0 Å². The Kier molecular flexibility index (Phi) is 3.60. The van der Waals surface area contributed by atoms with Crippen molar-refractivity contribution in [1.29, 1.82) is 0 Å². The molecule has 0 radical (unpaired) electrons. The van der Waals surface area contributed by atoms with Crippen molar-refractivity contribution in [2.45, 2.75) is 26.7 Å². The number of hydrogen-bond donors (Lipinski definition) is 0. The van der Waals surface area contributed by atoms with Crippen LogP contribution in [0.5, 0.6) is 0 Å². The van der Waals surface area contributed by atoms with E-state index in [-0.39, 0.29) is 0 Å². The number of hydrogen-bond acceptors (Lipinski definition) is 0. The maximum absolute atomic E-state index is 6.03. The highest BCUT2D eigenvalue weighted by Crippen LogP contribution is 2.28. The third-order valence-corrected chi connectivity index (χ3v) is 2.85. The van der Waals surface area contributed by atoms with E-state index in [1.165, 1.54) is 11.1 Å². The summed E-state index contributed by atoms with van der Waals surface area (Å²) in [6.07, 6.45) is 6.20. The first-order valence-electron chi connectivity index (χ1n) is 4.05. The Morgan fingerprint density at radius 3 is 2.75 bits per heavy atom. The summed E-state index contributed by atoms with van der Waals surface area (Å²) in [7, 11) is 0. The van der Waals surface area contributed by atoms with Crippen LogP contribution < -0.4 is 0 Å². The molecule has 0 aromatic rings. The van der Waals surface area contributed by atoms with E-state index in [1.54, 1.807) is 0 Å². The topological polar surface area (TPSA) is 0 Å². The van der Waals surface area contributed by atoms with Gasteiger partial charge in [0.05, 0.1) is 0 Å². The van der Waals surface area contributed by atoms with E-state index in [4.69, 9.17) is 11.6 Å². The van der Waals surface area contributed by atoms with Crippen LogP contribution in [0.3, 0.4) is 0 Å². The molecule has 0 heterocycles. The molecule has 0 aromatic carbocycles. The molecular formula is C10H12BrCl. The number of halogens is 2. The van der Waals surface area contributed by atoms with Crippen LogP contribution in [0.15, 0.2) is 32.8 Å². The SMILES string of the molecule is CCC1=CC(Br)=CC(Cl)=C(C)C1. The molecule has 66 valence electrons. The molecule has 1 aliphatic carbocycles. The molecule has 0 unspecified atom stereocenters. The Morgan fingerprint density at radius 2 is 2.17 bits per heavy atom. The van der Waals surface area contributed by atoms with E-state index in [1.807, 2.05) is 6.08 Å². The normalized spacial score (nSPS) is 18.7. The second kappa shape index (κ2) is 4.29. The van der Waals surface area contributed by atoms with Gasteiger partial charge in [-0.1, -0.05) is 45.6 Å². The third kappa shape index (κ3) is 2.49. The first-order chi connectivity index (χ1) is 5.63. The fraction of sp³-hybridized carbons (Fsp3) is 0.400. The highest BCUT2D eigenvalue weighted by Gasteiger charge is 2.05. The van der Waals surface area contributed by atoms with Crippen LogP contribution in [-0.4, -0.2) is 0 Å². The quantitative estimate of drug-likeness (QED) is 0.639. The summed E-state index contributed by atoms with van der Waals surface area (Å²) >= 11 is 9.48. The molecule has 0 nitrogen and oxygen atoms in total. The largest absolute Gasteiger partial charge is 0.0844 e. The van der Waals surface area contributed by atoms with Crippen LogP contribution in [-0.2, 0) is 0 Å². The van der Waals surface area contributed by atoms with Crippen molar-refractivity contribution in [2.24, 2.45) is 0 Å². The van der Waals surface area contributed by atoms with Crippen LogP contribution in [0.25, 0.3) is 0 Å². The Bertz CT molecular complexity index is 272. The minimum atomic E-state index is 0.863. The fourth-order valence-electron chi connectivity index (χ4n) is 1.18. The second-order valence-electron chi connectivity index (χ2n) is 2.99. The molecule has 0 N–H and O–H groups in total. The van der Waals surface area contributed by atoms with Crippen molar-refractivity contribution in [3.8, 4) is 0 Å². The van der Waals surface area contributed by atoms with Gasteiger partial charge in [-0.05, 0) is 31.9 Å². The van der Waals surface area contributed by atoms with Gasteiger partial charge in [0, 0.05) is 9.51 Å². The summed E-state index contributed by atoms with van der Waals surface area (Å²) in [6, 6.07) is 0. The Morgan fingerprint density at radius 1 is 1.50 bits per heavy atom. The molecule has 0 fully saturated rings. The summed E-state index contributed by atoms with van der Waals surface area (Å²) in [5.41, 5.74) is 2.67. The van der Waals surface area contributed by atoms with Crippen molar-refractivity contribution >= 4 is 27.5 Å². The highest BCUT2D eigenvalue weighted by atomic mass is 79.9. The molecule has 0 amide bonds. The fourth-order valence-corrected chi connectivity index (χ4v) is 2.05. The molecule has 0 bridgehead atoms. The van der Waals surface area contributed by atoms with E-state index >= 15 is 0 Å². The third-order valence-electron chi connectivity index (χ3n) is 1.96. The molecule has 2 heteroatoms. The summed E-state index contributed by atoms with van der Waals surface area (Å²) in [5.74, 6) is 0. The minimum absolute atomic E-state index is 0.863. The molecule has 0 saturated carbocycles. The lowest BCUT2D eigenvalue weighted by atomic mass is 10.1. The average molecular weight is 248 g/mol. The minimum Gasteiger partial charge on any atom is -0.0844 e. The molecule has 0 atom stereocenters. The zero-order valence-corrected chi connectivity index (χ0v) is 9.67. The van der Waals surface area contributed by atoms with E-state index < -0.39 is 0 Å². The summed E-state index contributed by atoms with van der Waals surface area (Å²) in [6.45, 7) is 4.24. The van der Waals surface area contributed by atoms with Crippen molar-refractivity contribution < 1.29 is 0 Å². The van der Waals surface area contributed by atoms with Gasteiger partial charge in [-0.3, -0.25) is 0 Å². The van der Waals surface area contributed by atoms with Crippen molar-refractivity contribution in [1.82, 2.24) is 0 Å². The van der Waals surface area contributed by atoms with E-state index in [9.17, 15) is 0 Å². The Hall–Kier alpha value is -0.0100. The predicted molar refractivity (Wildman–Crippen MR) is 58.6 cm³/mol. The maximum Gasteiger partial charge on any atom is 0.0409 e. The number of rotatable bonds is 1. The standard InChI is InChI=1S/C10H12BrCl/c1-3-8-4-7(2)10(12)6-9(11)5-8/h5-6H,3-4H2,1-2H3. The summed E-state index contributed by atoms with van der Waals surface area (Å²) in [5, 5.41) is 0.863. The van der Waals surface area contributed by atoms with Gasteiger partial charge < -0.3 is 0 Å². The van der Waals surface area contributed by atoms with E-state index in [2.05, 4.69) is 35.9 Å². The molecule has 0 aromatic heterocycles. The van der Waals surface area contributed by atoms with E-state index in [0.29, 0.717) is 0 Å². The average Bonchev–Trinajstić information content (AvgIpc) is 2.12. The zero-order chi connectivity index (χ0) is 9.14. The van der Waals surface area contributed by atoms with Crippen LogP contribution >= 0.6 is 27.5 Å². The molecule has 0 spiro atoms. The Balaban J connectivity index is 2.99. The summed E-state index contributed by atoms with van der Waals surface area (Å²) in [4.78, 5) is 0. The summed E-state index contributed by atoms with van der Waals surface area (Å²) < 4.78 is 1.07. The van der Waals surface area contributed by atoms with Gasteiger partial charge in [-0.2, -0.15) is 0 Å². The molecule has 12 heavy (non-hydrogen) atoms. The van der Waals surface area contributed by atoms with Crippen molar-refractivity contribution in [2.75, 3.05) is 0 Å². The Labute approximate surface area is 87.1 Å². The monoisotopic (exact) mass is 246 g/mol. The smallest absolute Gasteiger partial charge is 0.0409 e. The lowest BCUT2D eigenvalue weighted by molar-refractivity contribution is 0.991. The maximum atomic E-state index is 6.03. The first-order valence-corrected chi connectivity index (χ1v) is 5.22. The van der Waals surface area contributed by atoms with Crippen molar-refractivity contribution in [3.05, 3.63) is 32.8 Å². The number of allylic oxidation sites excluding steroid dienone is 6. The second-order valence-corrected chi connectivity index (χ2v) is 4.31. The lowest BCUT2D eigenvalue weighted by Crippen LogP contribution is -1.82. The van der Waals surface area contributed by atoms with Gasteiger partial charge >= 0.3 is 0 Å². The van der Waals surface area contributed by atoms with Gasteiger partial charge in [-0.25, -0.2) is 0 Å². The van der Waals surface area contributed by atoms with Gasteiger partial charge in [0.25, 0.3) is 0 Å². The molecule has 0 aliphatic heterocycles. The highest BCUT2D eigenvalue weighted by molar-refractivity contribution is 9.11. The lowest BCUT2D eigenvalue weighted by Gasteiger charge is -2.02. The predicted octanol–water partition coefficient (Wildman–Crippen LogP) is 4.52. The van der Waals surface area contributed by atoms with Gasteiger partial charge in [0.2, 0.25) is 0 Å². The molecule has 1 rings (SSSR count). The van der Waals surface area contributed by atoms with Gasteiger partial charge in [-0.15, -0.1) is 0 Å². The van der Waals surface area contributed by atoms with Crippen LogP contribution in [0.2, 0.25) is 0 Å². The zero-order valence-electron chi connectivity index (χ0n) is 7.32. The van der Waals surface area contributed by atoms with Crippen LogP contribution in [0, 0.1) is 0 Å². The molecule has 1 aliphatic rings. The van der Waals surface area contributed by atoms with Crippen LogP contribution in [0.1, 0.15) is 26.7 Å². The first kappa shape index (κ1) is 10.1. The van der Waals surface area contributed by atoms with E-state index in [0.717, 1.165) is 22.4 Å². The molecule has 0 saturated heterocycles.